The lowest BCUT2D eigenvalue weighted by molar-refractivity contribution is 0.0918. The molecule has 0 aromatic heterocycles. The van der Waals surface area contributed by atoms with E-state index in [1.807, 2.05) is 6.92 Å². The van der Waals surface area contributed by atoms with Gasteiger partial charge in [0.2, 0.25) is 10.0 Å². The predicted octanol–water partition coefficient (Wildman–Crippen LogP) is 3.00. The van der Waals surface area contributed by atoms with Crippen LogP contribution in [0.4, 0.5) is 13.2 Å². The van der Waals surface area contributed by atoms with Gasteiger partial charge in [-0.1, -0.05) is 17.7 Å². The lowest BCUT2D eigenvalue weighted by Gasteiger charge is -2.31. The molecule has 0 spiro atoms. The van der Waals surface area contributed by atoms with E-state index in [2.05, 4.69) is 5.32 Å². The van der Waals surface area contributed by atoms with E-state index in [1.54, 1.807) is 24.3 Å². The number of hydrogen-bond acceptors (Lipinski definition) is 3. The van der Waals surface area contributed by atoms with Gasteiger partial charge >= 0.3 is 0 Å². The van der Waals surface area contributed by atoms with Crippen LogP contribution in [0.5, 0.6) is 0 Å². The minimum Gasteiger partial charge on any atom is -0.349 e. The Hall–Kier alpha value is -2.39. The molecule has 1 fully saturated rings. The summed E-state index contributed by atoms with van der Waals surface area (Å²) in [5.74, 6) is -5.48. The van der Waals surface area contributed by atoms with Crippen molar-refractivity contribution in [2.45, 2.75) is 30.7 Å². The number of benzene rings is 2. The van der Waals surface area contributed by atoms with Gasteiger partial charge in [0.05, 0.1) is 10.5 Å². The quantitative estimate of drug-likeness (QED) is 0.786. The molecule has 0 aliphatic carbocycles. The van der Waals surface area contributed by atoms with Crippen molar-refractivity contribution in [2.24, 2.45) is 0 Å². The van der Waals surface area contributed by atoms with Gasteiger partial charge in [0.25, 0.3) is 5.91 Å². The van der Waals surface area contributed by atoms with E-state index in [9.17, 15) is 26.4 Å². The summed E-state index contributed by atoms with van der Waals surface area (Å²) in [4.78, 5) is 12.4. The van der Waals surface area contributed by atoms with E-state index in [1.165, 1.54) is 4.31 Å². The van der Waals surface area contributed by atoms with Crippen LogP contribution in [-0.4, -0.2) is 37.8 Å². The highest BCUT2D eigenvalue weighted by Crippen LogP contribution is 2.22. The fraction of sp³-hybridized carbons (Fsp3) is 0.316. The first-order chi connectivity index (χ1) is 13.2. The monoisotopic (exact) mass is 412 g/mol. The SMILES string of the molecule is Cc1ccc(S(=O)(=O)N2CCC(NC(=O)c3ccc(F)c(F)c3F)CC2)cc1. The van der Waals surface area contributed by atoms with Gasteiger partial charge in [-0.3, -0.25) is 4.79 Å². The van der Waals surface area contributed by atoms with E-state index in [0.29, 0.717) is 18.9 Å². The Kier molecular flexibility index (Phi) is 5.76. The number of nitrogens with one attached hydrogen (secondary N) is 1. The van der Waals surface area contributed by atoms with Crippen LogP contribution in [0.15, 0.2) is 41.3 Å². The van der Waals surface area contributed by atoms with Gasteiger partial charge < -0.3 is 5.32 Å². The summed E-state index contributed by atoms with van der Waals surface area (Å²) in [5.41, 5.74) is 0.360. The fourth-order valence-electron chi connectivity index (χ4n) is 3.06. The van der Waals surface area contributed by atoms with Gasteiger partial charge in [-0.05, 0) is 44.0 Å². The minimum atomic E-state index is -3.63. The van der Waals surface area contributed by atoms with Crippen LogP contribution in [-0.2, 0) is 10.0 Å². The number of halogens is 3. The standard InChI is InChI=1S/C19H19F3N2O3S/c1-12-2-4-14(5-3-12)28(26,27)24-10-8-13(9-11-24)23-19(25)15-6-7-16(20)18(22)17(15)21/h2-7,13H,8-11H2,1H3,(H,23,25). The summed E-state index contributed by atoms with van der Waals surface area (Å²) >= 11 is 0. The van der Waals surface area contributed by atoms with Crippen LogP contribution >= 0.6 is 0 Å². The Balaban J connectivity index is 1.63. The van der Waals surface area contributed by atoms with Crippen molar-refractivity contribution in [3.05, 3.63) is 65.0 Å². The van der Waals surface area contributed by atoms with Gasteiger partial charge in [-0.2, -0.15) is 4.31 Å². The largest absolute Gasteiger partial charge is 0.349 e. The third-order valence-corrected chi connectivity index (χ3v) is 6.64. The third kappa shape index (κ3) is 4.05. The fourth-order valence-corrected chi connectivity index (χ4v) is 4.53. The van der Waals surface area contributed by atoms with E-state index in [0.717, 1.165) is 11.6 Å². The van der Waals surface area contributed by atoms with Crippen LogP contribution in [0.2, 0.25) is 0 Å². The minimum absolute atomic E-state index is 0.182. The van der Waals surface area contributed by atoms with Gasteiger partial charge in [-0.25, -0.2) is 21.6 Å². The maximum Gasteiger partial charge on any atom is 0.254 e. The molecule has 1 aliphatic rings. The van der Waals surface area contributed by atoms with Crippen molar-refractivity contribution in [1.82, 2.24) is 9.62 Å². The lowest BCUT2D eigenvalue weighted by Crippen LogP contribution is -2.46. The number of nitrogens with zero attached hydrogens (tertiary/aromatic N) is 1. The second kappa shape index (κ2) is 7.92. The highest BCUT2D eigenvalue weighted by atomic mass is 32.2. The highest BCUT2D eigenvalue weighted by molar-refractivity contribution is 7.89. The Labute approximate surface area is 161 Å². The first kappa shape index (κ1) is 20.3. The molecule has 28 heavy (non-hydrogen) atoms. The number of hydrogen-bond donors (Lipinski definition) is 1. The second-order valence-electron chi connectivity index (χ2n) is 6.69. The maximum atomic E-state index is 13.7. The number of carbonyl (C=O) groups is 1. The normalized spacial score (nSPS) is 16.1. The summed E-state index contributed by atoms with van der Waals surface area (Å²) in [5, 5.41) is 2.55. The zero-order chi connectivity index (χ0) is 20.5. The molecule has 1 amide bonds. The van der Waals surface area contributed by atoms with Crippen LogP contribution in [0.3, 0.4) is 0 Å². The summed E-state index contributed by atoms with van der Waals surface area (Å²) in [6, 6.07) is 7.69. The van der Waals surface area contributed by atoms with Crippen molar-refractivity contribution < 1.29 is 26.4 Å². The molecule has 2 aromatic carbocycles. The van der Waals surface area contributed by atoms with Crippen molar-refractivity contribution in [2.75, 3.05) is 13.1 Å². The average molecular weight is 412 g/mol. The van der Waals surface area contributed by atoms with Gasteiger partial charge in [-0.15, -0.1) is 0 Å². The molecule has 1 heterocycles. The average Bonchev–Trinajstić information content (AvgIpc) is 2.67. The smallest absolute Gasteiger partial charge is 0.254 e. The van der Waals surface area contributed by atoms with E-state index in [4.69, 9.17) is 0 Å². The maximum absolute atomic E-state index is 13.7. The molecule has 1 aliphatic heterocycles. The Morgan fingerprint density at radius 2 is 1.61 bits per heavy atom. The zero-order valence-electron chi connectivity index (χ0n) is 15.1. The van der Waals surface area contributed by atoms with E-state index in [-0.39, 0.29) is 18.0 Å². The molecular weight excluding hydrogens is 393 g/mol. The van der Waals surface area contributed by atoms with Gasteiger partial charge in [0, 0.05) is 19.1 Å². The topological polar surface area (TPSA) is 66.5 Å². The number of aryl methyl sites for hydroxylation is 1. The van der Waals surface area contributed by atoms with Crippen molar-refractivity contribution in [1.29, 1.82) is 0 Å². The number of carbonyl (C=O) groups excluding carboxylic acids is 1. The first-order valence-corrected chi connectivity index (χ1v) is 10.2. The lowest BCUT2D eigenvalue weighted by atomic mass is 10.1. The molecule has 0 unspecified atom stereocenters. The summed E-state index contributed by atoms with van der Waals surface area (Å²) in [6.07, 6.45) is 0.643. The molecule has 5 nitrogen and oxygen atoms in total. The van der Waals surface area contributed by atoms with E-state index < -0.39 is 45.0 Å². The molecule has 1 N–H and O–H groups in total. The molecule has 9 heteroatoms. The van der Waals surface area contributed by atoms with Crippen LogP contribution in [0.1, 0.15) is 28.8 Å². The van der Waals surface area contributed by atoms with Gasteiger partial charge in [0.15, 0.2) is 17.5 Å². The second-order valence-corrected chi connectivity index (χ2v) is 8.63. The molecule has 0 bridgehead atoms. The molecule has 2 aromatic rings. The molecular formula is C19H19F3N2O3S. The Morgan fingerprint density at radius 1 is 1.00 bits per heavy atom. The Morgan fingerprint density at radius 3 is 2.21 bits per heavy atom. The predicted molar refractivity (Wildman–Crippen MR) is 96.7 cm³/mol. The Bertz CT molecular complexity index is 986. The third-order valence-electron chi connectivity index (χ3n) is 4.73. The number of piperidine rings is 1. The number of rotatable bonds is 4. The zero-order valence-corrected chi connectivity index (χ0v) is 15.9. The molecule has 3 rings (SSSR count). The van der Waals surface area contributed by atoms with Crippen molar-refractivity contribution in [3.63, 3.8) is 0 Å². The van der Waals surface area contributed by atoms with Crippen LogP contribution in [0.25, 0.3) is 0 Å². The molecule has 0 atom stereocenters. The van der Waals surface area contributed by atoms with Crippen LogP contribution < -0.4 is 5.32 Å². The number of sulfonamides is 1. The molecule has 150 valence electrons. The molecule has 0 saturated carbocycles. The van der Waals surface area contributed by atoms with Crippen LogP contribution in [0, 0.1) is 24.4 Å². The van der Waals surface area contributed by atoms with Crippen molar-refractivity contribution >= 4 is 15.9 Å². The molecule has 1 saturated heterocycles. The summed E-state index contributed by atoms with van der Waals surface area (Å²) < 4.78 is 66.7. The van der Waals surface area contributed by atoms with Gasteiger partial charge in [0.1, 0.15) is 0 Å². The number of amides is 1. The summed E-state index contributed by atoms with van der Waals surface area (Å²) in [6.45, 7) is 2.23. The first-order valence-electron chi connectivity index (χ1n) is 8.71. The summed E-state index contributed by atoms with van der Waals surface area (Å²) in [7, 11) is -3.63. The van der Waals surface area contributed by atoms with Crippen molar-refractivity contribution in [3.8, 4) is 0 Å². The molecule has 0 radical (unpaired) electrons. The van der Waals surface area contributed by atoms with E-state index >= 15 is 0 Å². The highest BCUT2D eigenvalue weighted by Gasteiger charge is 2.30.